The number of carbonyl (C=O) groups is 2. The Labute approximate surface area is 207 Å². The van der Waals surface area contributed by atoms with Gasteiger partial charge in [0, 0.05) is 31.4 Å². The summed E-state index contributed by atoms with van der Waals surface area (Å²) in [5.41, 5.74) is 1.13. The first-order valence-electron chi connectivity index (χ1n) is 11.5. The van der Waals surface area contributed by atoms with Gasteiger partial charge in [0.25, 0.3) is 0 Å². The molecule has 1 aliphatic rings. The molecule has 190 valence electrons. The molecular formula is C22H42N6O3S2. The summed E-state index contributed by atoms with van der Waals surface area (Å²) in [5.74, 6) is 0.213. The second-order valence-electron chi connectivity index (χ2n) is 8.18. The van der Waals surface area contributed by atoms with Crippen LogP contribution in [0.25, 0.3) is 0 Å². The van der Waals surface area contributed by atoms with E-state index >= 15 is 0 Å². The van der Waals surface area contributed by atoms with E-state index in [2.05, 4.69) is 32.5 Å². The summed E-state index contributed by atoms with van der Waals surface area (Å²) in [6.45, 7) is 10.5. The van der Waals surface area contributed by atoms with Gasteiger partial charge < -0.3 is 20.3 Å². The molecule has 1 rings (SSSR count). The lowest BCUT2D eigenvalue weighted by atomic mass is 10.1. The normalized spacial score (nSPS) is 22.0. The summed E-state index contributed by atoms with van der Waals surface area (Å²) in [6.07, 6.45) is 5.37. The van der Waals surface area contributed by atoms with E-state index < -0.39 is 12.3 Å². The van der Waals surface area contributed by atoms with Crippen LogP contribution in [0.1, 0.15) is 47.5 Å². The van der Waals surface area contributed by atoms with Crippen molar-refractivity contribution in [3.05, 3.63) is 11.6 Å². The van der Waals surface area contributed by atoms with E-state index in [0.717, 1.165) is 18.4 Å². The minimum atomic E-state index is -0.607. The molecule has 0 saturated carbocycles. The third-order valence-electron chi connectivity index (χ3n) is 5.86. The Morgan fingerprint density at radius 3 is 2.58 bits per heavy atom. The Bertz CT molecular complexity index is 679. The topological polar surface area (TPSA) is 107 Å². The first kappa shape index (κ1) is 29.9. The molecule has 1 heterocycles. The van der Waals surface area contributed by atoms with Crippen LogP contribution in [0.15, 0.2) is 21.3 Å². The molecule has 0 aromatic heterocycles. The molecule has 0 saturated heterocycles. The average molecular weight is 503 g/mol. The predicted octanol–water partition coefficient (Wildman–Crippen LogP) is 2.80. The number of carbonyl (C=O) groups excluding carboxylic acids is 2. The highest BCUT2D eigenvalue weighted by atomic mass is 32.2. The van der Waals surface area contributed by atoms with Crippen molar-refractivity contribution in [3.8, 4) is 0 Å². The van der Waals surface area contributed by atoms with Gasteiger partial charge in [0.1, 0.15) is 23.7 Å². The Morgan fingerprint density at radius 1 is 1.33 bits per heavy atom. The number of amides is 2. The third kappa shape index (κ3) is 8.86. The monoisotopic (exact) mass is 502 g/mol. The van der Waals surface area contributed by atoms with E-state index in [9.17, 15) is 9.59 Å². The number of allylic oxidation sites excluding steroid dienone is 1. The summed E-state index contributed by atoms with van der Waals surface area (Å²) in [6, 6.07) is -1.32. The number of ether oxygens (including phenoxy) is 1. The molecule has 5 unspecified atom stereocenters. The maximum Gasteiger partial charge on any atom is 0.246 e. The van der Waals surface area contributed by atoms with Gasteiger partial charge in [0.05, 0.1) is 12.1 Å². The number of methoxy groups -OCH3 is 1. The molecule has 0 aliphatic carbocycles. The van der Waals surface area contributed by atoms with Gasteiger partial charge in [-0.25, -0.2) is 0 Å². The zero-order valence-corrected chi connectivity index (χ0v) is 22.9. The van der Waals surface area contributed by atoms with Crippen LogP contribution < -0.4 is 16.0 Å². The average Bonchev–Trinajstić information content (AvgIpc) is 3.29. The van der Waals surface area contributed by atoms with Crippen LogP contribution in [-0.2, 0) is 14.3 Å². The van der Waals surface area contributed by atoms with E-state index in [-0.39, 0.29) is 35.3 Å². The molecule has 1 aliphatic heterocycles. The van der Waals surface area contributed by atoms with Gasteiger partial charge in [0.15, 0.2) is 0 Å². The summed E-state index contributed by atoms with van der Waals surface area (Å²) >= 11 is 2.91. The summed E-state index contributed by atoms with van der Waals surface area (Å²) < 4.78 is 9.95. The summed E-state index contributed by atoms with van der Waals surface area (Å²) in [5, 5.41) is 13.6. The van der Waals surface area contributed by atoms with Gasteiger partial charge in [-0.15, -0.1) is 4.52 Å². The first-order valence-corrected chi connectivity index (χ1v) is 13.7. The van der Waals surface area contributed by atoms with E-state index in [1.54, 1.807) is 21.1 Å². The highest BCUT2D eigenvalue weighted by Crippen LogP contribution is 2.30. The van der Waals surface area contributed by atoms with Crippen molar-refractivity contribution in [2.75, 3.05) is 32.7 Å². The van der Waals surface area contributed by atoms with Crippen LogP contribution in [0.2, 0.25) is 0 Å². The number of rotatable bonds is 15. The minimum Gasteiger partial charge on any atom is -0.364 e. The van der Waals surface area contributed by atoms with Crippen molar-refractivity contribution in [2.24, 2.45) is 9.63 Å². The van der Waals surface area contributed by atoms with Crippen molar-refractivity contribution in [1.82, 2.24) is 20.9 Å². The standard InChI is InChI=1S/C22H42N6O3S2/c1-9-11-12-28(22(30)17(13-32-8)24-19(29)15(4)23-6)16(5)20(31-7)25-21-18(14(3)10-2)26-27-33-21/h10,15-18,20-21,23,25H,9,11-13H2,1-8H3,(H,24,29)/b14-10+/t15-,16?,17?,18?,20?,21?/m0/s1. The Kier molecular flexibility index (Phi) is 14.2. The van der Waals surface area contributed by atoms with Crippen LogP contribution in [0.4, 0.5) is 0 Å². The number of hydrogen-bond acceptors (Lipinski definition) is 9. The maximum absolute atomic E-state index is 13.6. The molecule has 3 N–H and O–H groups in total. The molecule has 0 spiro atoms. The highest BCUT2D eigenvalue weighted by Gasteiger charge is 2.36. The largest absolute Gasteiger partial charge is 0.364 e. The number of thioether (sulfide) groups is 1. The van der Waals surface area contributed by atoms with Crippen LogP contribution in [0, 0.1) is 0 Å². The molecule has 6 atom stereocenters. The lowest BCUT2D eigenvalue weighted by Crippen LogP contribution is -2.60. The summed E-state index contributed by atoms with van der Waals surface area (Å²) in [4.78, 5) is 28.0. The molecule has 0 aromatic carbocycles. The molecule has 0 bridgehead atoms. The molecular weight excluding hydrogens is 460 g/mol. The minimum absolute atomic E-state index is 0.0730. The molecule has 0 radical (unpaired) electrons. The molecule has 2 amide bonds. The van der Waals surface area contributed by atoms with Gasteiger partial charge in [-0.05, 0) is 53.0 Å². The molecule has 11 heteroatoms. The van der Waals surface area contributed by atoms with Gasteiger partial charge in [0.2, 0.25) is 11.8 Å². The number of nitrogens with zero attached hydrogens (tertiary/aromatic N) is 3. The molecule has 0 aromatic rings. The number of hydrogen-bond donors (Lipinski definition) is 3. The van der Waals surface area contributed by atoms with Crippen LogP contribution in [0.5, 0.6) is 0 Å². The van der Waals surface area contributed by atoms with Crippen molar-refractivity contribution in [3.63, 3.8) is 0 Å². The van der Waals surface area contributed by atoms with Crippen molar-refractivity contribution in [2.45, 2.75) is 83.2 Å². The second kappa shape index (κ2) is 15.7. The zero-order chi connectivity index (χ0) is 25.0. The van der Waals surface area contributed by atoms with E-state index in [0.29, 0.717) is 12.3 Å². The zero-order valence-electron chi connectivity index (χ0n) is 21.3. The smallest absolute Gasteiger partial charge is 0.246 e. The second-order valence-corrected chi connectivity index (χ2v) is 9.97. The fourth-order valence-corrected chi connectivity index (χ4v) is 4.81. The van der Waals surface area contributed by atoms with Gasteiger partial charge >= 0.3 is 0 Å². The number of likely N-dealkylation sites (N-methyl/N-ethyl adjacent to an activating group) is 1. The number of unbranched alkanes of at least 4 members (excludes halogenated alkanes) is 1. The third-order valence-corrected chi connectivity index (χ3v) is 7.34. The van der Waals surface area contributed by atoms with Crippen LogP contribution >= 0.6 is 23.7 Å². The fourth-order valence-electron chi connectivity index (χ4n) is 3.41. The highest BCUT2D eigenvalue weighted by molar-refractivity contribution is 7.98. The van der Waals surface area contributed by atoms with Crippen molar-refractivity contribution >= 4 is 35.5 Å². The van der Waals surface area contributed by atoms with Crippen LogP contribution in [-0.4, -0.2) is 85.2 Å². The van der Waals surface area contributed by atoms with Gasteiger partial charge in [-0.2, -0.15) is 16.9 Å². The first-order chi connectivity index (χ1) is 15.7. The van der Waals surface area contributed by atoms with Crippen molar-refractivity contribution < 1.29 is 14.3 Å². The Balaban J connectivity index is 3.06. The maximum atomic E-state index is 13.6. The van der Waals surface area contributed by atoms with E-state index in [4.69, 9.17) is 4.74 Å². The Morgan fingerprint density at radius 2 is 2.03 bits per heavy atom. The summed E-state index contributed by atoms with van der Waals surface area (Å²) in [7, 11) is 3.36. The van der Waals surface area contributed by atoms with E-state index in [1.165, 1.54) is 23.7 Å². The van der Waals surface area contributed by atoms with Crippen molar-refractivity contribution in [1.29, 1.82) is 0 Å². The van der Waals surface area contributed by atoms with E-state index in [1.807, 2.05) is 38.0 Å². The molecule has 9 nitrogen and oxygen atoms in total. The quantitative estimate of drug-likeness (QED) is 0.180. The molecule has 33 heavy (non-hydrogen) atoms. The van der Waals surface area contributed by atoms with Crippen LogP contribution in [0.3, 0.4) is 0 Å². The lowest BCUT2D eigenvalue weighted by molar-refractivity contribution is -0.141. The SMILES string of the molecule is C/C=C(\C)C1N=NSC1NC(OC)C(C)N(CCCC)C(=O)C(CSC)NC(=O)[C@H](C)NC. The van der Waals surface area contributed by atoms with Gasteiger partial charge in [-0.1, -0.05) is 19.4 Å². The van der Waals surface area contributed by atoms with Gasteiger partial charge in [-0.3, -0.25) is 14.9 Å². The fraction of sp³-hybridized carbons (Fsp3) is 0.818. The number of nitrogens with one attached hydrogen (secondary N) is 3. The lowest BCUT2D eigenvalue weighted by Gasteiger charge is -2.38. The predicted molar refractivity (Wildman–Crippen MR) is 138 cm³/mol. The molecule has 0 fully saturated rings. The Hall–Kier alpha value is -1.14.